The maximum atomic E-state index is 12.3. The summed E-state index contributed by atoms with van der Waals surface area (Å²) >= 11 is 0. The van der Waals surface area contributed by atoms with Crippen LogP contribution in [0.1, 0.15) is 20.3 Å². The maximum Gasteiger partial charge on any atom is 0.238 e. The number of likely N-dealkylation sites (tertiary alicyclic amines) is 1. The van der Waals surface area contributed by atoms with Crippen LogP contribution in [0.15, 0.2) is 24.3 Å². The van der Waals surface area contributed by atoms with E-state index in [1.165, 1.54) is 0 Å². The van der Waals surface area contributed by atoms with Gasteiger partial charge >= 0.3 is 0 Å². The molecule has 2 rings (SSSR count). The highest BCUT2D eigenvalue weighted by atomic mass is 16.5. The van der Waals surface area contributed by atoms with E-state index >= 15 is 0 Å². The number of para-hydroxylation sites is 2. The third kappa shape index (κ3) is 4.45. The van der Waals surface area contributed by atoms with Crippen LogP contribution in [0, 0.1) is 11.8 Å². The minimum atomic E-state index is -0.00234. The number of carbonyl (C=O) groups is 1. The van der Waals surface area contributed by atoms with Gasteiger partial charge in [0.2, 0.25) is 5.91 Å². The number of nitrogens with zero attached hydrogens (tertiary/aromatic N) is 1. The summed E-state index contributed by atoms with van der Waals surface area (Å²) in [4.78, 5) is 14.5. The van der Waals surface area contributed by atoms with Crippen molar-refractivity contribution in [2.75, 3.05) is 38.1 Å². The molecule has 0 spiro atoms. The molecule has 1 heterocycles. The van der Waals surface area contributed by atoms with Gasteiger partial charge in [-0.3, -0.25) is 9.69 Å². The van der Waals surface area contributed by atoms with Crippen LogP contribution in [-0.2, 0) is 4.79 Å². The van der Waals surface area contributed by atoms with Crippen LogP contribution >= 0.6 is 0 Å². The molecule has 0 bridgehead atoms. The Hall–Kier alpha value is -1.59. The number of ether oxygens (including phenoxy) is 1. The summed E-state index contributed by atoms with van der Waals surface area (Å²) in [7, 11) is 0. The number of nitrogens with two attached hydrogens (primary N) is 1. The van der Waals surface area contributed by atoms with Crippen molar-refractivity contribution in [2.24, 2.45) is 17.6 Å². The lowest BCUT2D eigenvalue weighted by Crippen LogP contribution is -2.45. The molecule has 0 radical (unpaired) electrons. The number of amides is 1. The predicted octanol–water partition coefficient (Wildman–Crippen LogP) is 1.94. The van der Waals surface area contributed by atoms with Crippen molar-refractivity contribution >= 4 is 11.6 Å². The lowest BCUT2D eigenvalue weighted by atomic mass is 9.87. The second-order valence-electron chi connectivity index (χ2n) is 5.97. The zero-order valence-electron chi connectivity index (χ0n) is 13.5. The minimum Gasteiger partial charge on any atom is -0.492 e. The Morgan fingerprint density at radius 3 is 2.95 bits per heavy atom. The zero-order chi connectivity index (χ0) is 15.9. The Kier molecular flexibility index (Phi) is 6.21. The molecule has 2 atom stereocenters. The molecule has 3 N–H and O–H groups in total. The predicted molar refractivity (Wildman–Crippen MR) is 89.0 cm³/mol. The zero-order valence-corrected chi connectivity index (χ0v) is 13.5. The topological polar surface area (TPSA) is 67.6 Å². The monoisotopic (exact) mass is 305 g/mol. The van der Waals surface area contributed by atoms with E-state index in [1.807, 2.05) is 31.2 Å². The van der Waals surface area contributed by atoms with E-state index in [1.54, 1.807) is 0 Å². The third-order valence-corrected chi connectivity index (χ3v) is 4.33. The fourth-order valence-corrected chi connectivity index (χ4v) is 2.92. The van der Waals surface area contributed by atoms with Gasteiger partial charge in [-0.05, 0) is 50.4 Å². The fraction of sp³-hybridized carbons (Fsp3) is 0.588. The van der Waals surface area contributed by atoms with Gasteiger partial charge in [0.15, 0.2) is 0 Å². The van der Waals surface area contributed by atoms with Crippen LogP contribution in [0.25, 0.3) is 0 Å². The molecule has 5 nitrogen and oxygen atoms in total. The molecule has 122 valence electrons. The van der Waals surface area contributed by atoms with Gasteiger partial charge in [-0.15, -0.1) is 0 Å². The van der Waals surface area contributed by atoms with Crippen molar-refractivity contribution in [3.63, 3.8) is 0 Å². The number of rotatable bonds is 6. The first-order chi connectivity index (χ1) is 10.6. The van der Waals surface area contributed by atoms with Crippen molar-refractivity contribution in [3.8, 4) is 5.75 Å². The van der Waals surface area contributed by atoms with Gasteiger partial charge in [0.25, 0.3) is 0 Å². The molecule has 0 aromatic heterocycles. The van der Waals surface area contributed by atoms with Crippen molar-refractivity contribution in [3.05, 3.63) is 24.3 Å². The highest BCUT2D eigenvalue weighted by molar-refractivity contribution is 5.93. The summed E-state index contributed by atoms with van der Waals surface area (Å²) in [6, 6.07) is 7.53. The average Bonchev–Trinajstić information content (AvgIpc) is 2.51. The van der Waals surface area contributed by atoms with Gasteiger partial charge in [-0.1, -0.05) is 19.1 Å². The first-order valence-electron chi connectivity index (χ1n) is 8.08. The summed E-state index contributed by atoms with van der Waals surface area (Å²) in [5.74, 6) is 1.84. The molecule has 5 heteroatoms. The summed E-state index contributed by atoms with van der Waals surface area (Å²) < 4.78 is 5.53. The largest absolute Gasteiger partial charge is 0.492 e. The molecule has 1 aliphatic heterocycles. The van der Waals surface area contributed by atoms with E-state index < -0.39 is 0 Å². The Bertz CT molecular complexity index is 493. The average molecular weight is 305 g/mol. The molecule has 22 heavy (non-hydrogen) atoms. The smallest absolute Gasteiger partial charge is 0.238 e. The summed E-state index contributed by atoms with van der Waals surface area (Å²) in [6.07, 6.45) is 1.10. The van der Waals surface area contributed by atoms with Crippen LogP contribution in [0.3, 0.4) is 0 Å². The van der Waals surface area contributed by atoms with E-state index in [9.17, 15) is 4.79 Å². The molecule has 0 aliphatic carbocycles. The molecule has 1 aromatic rings. The summed E-state index contributed by atoms with van der Waals surface area (Å²) in [5.41, 5.74) is 6.55. The quantitative estimate of drug-likeness (QED) is 0.843. The Labute approximate surface area is 132 Å². The molecule has 1 fully saturated rings. The van der Waals surface area contributed by atoms with Crippen molar-refractivity contribution < 1.29 is 9.53 Å². The number of hydrogen-bond donors (Lipinski definition) is 2. The number of anilines is 1. The van der Waals surface area contributed by atoms with E-state index in [0.29, 0.717) is 37.3 Å². The molecule has 1 aromatic carbocycles. The number of hydrogen-bond acceptors (Lipinski definition) is 4. The highest BCUT2D eigenvalue weighted by Crippen LogP contribution is 2.24. The lowest BCUT2D eigenvalue weighted by Gasteiger charge is -2.36. The molecule has 2 unspecified atom stereocenters. The Morgan fingerprint density at radius 2 is 2.23 bits per heavy atom. The van der Waals surface area contributed by atoms with Crippen LogP contribution in [0.2, 0.25) is 0 Å². The van der Waals surface area contributed by atoms with Crippen LogP contribution in [-0.4, -0.2) is 43.6 Å². The Balaban J connectivity index is 1.90. The molecule has 1 aliphatic rings. The van der Waals surface area contributed by atoms with E-state index in [0.717, 1.165) is 25.2 Å². The maximum absolute atomic E-state index is 12.3. The van der Waals surface area contributed by atoms with Crippen molar-refractivity contribution in [2.45, 2.75) is 20.3 Å². The third-order valence-electron chi connectivity index (χ3n) is 4.33. The van der Waals surface area contributed by atoms with Gasteiger partial charge in [0, 0.05) is 6.54 Å². The molecule has 1 amide bonds. The summed E-state index contributed by atoms with van der Waals surface area (Å²) in [6.45, 7) is 7.70. The Morgan fingerprint density at radius 1 is 1.45 bits per heavy atom. The fourth-order valence-electron chi connectivity index (χ4n) is 2.92. The van der Waals surface area contributed by atoms with Gasteiger partial charge in [0.1, 0.15) is 5.75 Å². The van der Waals surface area contributed by atoms with E-state index in [-0.39, 0.29) is 5.91 Å². The standard InChI is InChI=1S/C17H27N3O2/c1-3-22-16-7-5-4-6-15(16)19-17(21)12-20-9-8-13(2)14(10-18)11-20/h4-7,13-14H,3,8-12,18H2,1-2H3,(H,19,21). The van der Waals surface area contributed by atoms with Crippen molar-refractivity contribution in [1.29, 1.82) is 0 Å². The minimum absolute atomic E-state index is 0.00234. The first-order valence-corrected chi connectivity index (χ1v) is 8.08. The number of benzene rings is 1. The summed E-state index contributed by atoms with van der Waals surface area (Å²) in [5, 5.41) is 2.95. The lowest BCUT2D eigenvalue weighted by molar-refractivity contribution is -0.117. The molecular weight excluding hydrogens is 278 g/mol. The molecular formula is C17H27N3O2. The van der Waals surface area contributed by atoms with Crippen LogP contribution in [0.4, 0.5) is 5.69 Å². The first kappa shape index (κ1) is 16.8. The van der Waals surface area contributed by atoms with Gasteiger partial charge in [0.05, 0.1) is 18.8 Å². The number of piperidine rings is 1. The van der Waals surface area contributed by atoms with E-state index in [2.05, 4.69) is 17.1 Å². The van der Waals surface area contributed by atoms with Gasteiger partial charge < -0.3 is 15.8 Å². The van der Waals surface area contributed by atoms with Crippen molar-refractivity contribution in [1.82, 2.24) is 4.90 Å². The molecule has 1 saturated heterocycles. The normalized spacial score (nSPS) is 22.3. The SMILES string of the molecule is CCOc1ccccc1NC(=O)CN1CCC(C)C(CN)C1. The van der Waals surface area contributed by atoms with Gasteiger partial charge in [-0.2, -0.15) is 0 Å². The number of nitrogens with one attached hydrogen (secondary N) is 1. The van der Waals surface area contributed by atoms with E-state index in [4.69, 9.17) is 10.5 Å². The second kappa shape index (κ2) is 8.15. The second-order valence-corrected chi connectivity index (χ2v) is 5.97. The van der Waals surface area contributed by atoms with Gasteiger partial charge in [-0.25, -0.2) is 0 Å². The highest BCUT2D eigenvalue weighted by Gasteiger charge is 2.26. The molecule has 0 saturated carbocycles. The number of carbonyl (C=O) groups excluding carboxylic acids is 1. The van der Waals surface area contributed by atoms with Crippen LogP contribution < -0.4 is 15.8 Å². The van der Waals surface area contributed by atoms with Crippen LogP contribution in [0.5, 0.6) is 5.75 Å².